The van der Waals surface area contributed by atoms with E-state index in [9.17, 15) is 4.79 Å². The zero-order valence-corrected chi connectivity index (χ0v) is 13.4. The van der Waals surface area contributed by atoms with Crippen LogP contribution in [0.15, 0.2) is 36.8 Å². The van der Waals surface area contributed by atoms with E-state index in [1.165, 1.54) is 0 Å². The number of amides is 1. The maximum Gasteiger partial charge on any atom is 0.254 e. The van der Waals surface area contributed by atoms with Crippen LogP contribution >= 0.6 is 0 Å². The molecule has 0 aliphatic carbocycles. The van der Waals surface area contributed by atoms with Crippen molar-refractivity contribution in [1.29, 1.82) is 0 Å². The summed E-state index contributed by atoms with van der Waals surface area (Å²) in [7, 11) is 0. The molecule has 6 nitrogen and oxygen atoms in total. The number of aromatic nitrogens is 2. The normalized spacial score (nSPS) is 19.8. The highest BCUT2D eigenvalue weighted by atomic mass is 16.6. The van der Waals surface area contributed by atoms with Crippen LogP contribution in [0, 0.1) is 0 Å². The average Bonchev–Trinajstić information content (AvgIpc) is 2.68. The number of rotatable bonds is 2. The molecule has 0 bridgehead atoms. The van der Waals surface area contributed by atoms with Gasteiger partial charge in [0.05, 0.1) is 5.69 Å². The summed E-state index contributed by atoms with van der Waals surface area (Å²) in [5.74, 6) is 1.62. The fourth-order valence-electron chi connectivity index (χ4n) is 3.28. The molecule has 1 fully saturated rings. The first-order valence-corrected chi connectivity index (χ1v) is 8.26. The minimum atomic E-state index is 0.0283. The summed E-state index contributed by atoms with van der Waals surface area (Å²) in [6.45, 7) is 2.51. The van der Waals surface area contributed by atoms with Gasteiger partial charge in [0.15, 0.2) is 11.5 Å². The first-order valence-electron chi connectivity index (χ1n) is 8.26. The SMILES string of the molecule is O=C(c1ccc2c(c1)OCCO2)N1CCC[C@@H](c2cnccn2)C1. The van der Waals surface area contributed by atoms with Crippen LogP contribution in [-0.2, 0) is 0 Å². The molecule has 2 aromatic rings. The second kappa shape index (κ2) is 6.47. The molecule has 3 heterocycles. The Morgan fingerprint density at radius 3 is 2.88 bits per heavy atom. The molecule has 0 saturated carbocycles. The smallest absolute Gasteiger partial charge is 0.254 e. The molecular weight excluding hydrogens is 306 g/mol. The van der Waals surface area contributed by atoms with Crippen LogP contribution in [0.3, 0.4) is 0 Å². The van der Waals surface area contributed by atoms with E-state index in [0.717, 1.165) is 25.1 Å². The molecule has 0 spiro atoms. The van der Waals surface area contributed by atoms with Crippen molar-refractivity contribution in [1.82, 2.24) is 14.9 Å². The molecule has 1 saturated heterocycles. The van der Waals surface area contributed by atoms with E-state index in [-0.39, 0.29) is 11.8 Å². The quantitative estimate of drug-likeness (QED) is 0.847. The summed E-state index contributed by atoms with van der Waals surface area (Å²) in [6.07, 6.45) is 7.17. The van der Waals surface area contributed by atoms with Gasteiger partial charge in [0.1, 0.15) is 13.2 Å². The van der Waals surface area contributed by atoms with Crippen molar-refractivity contribution in [3.63, 3.8) is 0 Å². The van der Waals surface area contributed by atoms with E-state index in [2.05, 4.69) is 9.97 Å². The van der Waals surface area contributed by atoms with E-state index in [1.54, 1.807) is 24.7 Å². The molecule has 0 radical (unpaired) electrons. The number of piperidine rings is 1. The third-order valence-corrected chi connectivity index (χ3v) is 4.50. The fourth-order valence-corrected chi connectivity index (χ4v) is 3.28. The maximum absolute atomic E-state index is 12.9. The van der Waals surface area contributed by atoms with E-state index < -0.39 is 0 Å². The summed E-state index contributed by atoms with van der Waals surface area (Å²) in [4.78, 5) is 23.3. The Morgan fingerprint density at radius 1 is 1.17 bits per heavy atom. The van der Waals surface area contributed by atoms with E-state index >= 15 is 0 Å². The van der Waals surface area contributed by atoms with E-state index in [4.69, 9.17) is 9.47 Å². The van der Waals surface area contributed by atoms with Crippen molar-refractivity contribution < 1.29 is 14.3 Å². The number of carbonyl (C=O) groups is 1. The van der Waals surface area contributed by atoms with Gasteiger partial charge in [-0.1, -0.05) is 0 Å². The van der Waals surface area contributed by atoms with Gasteiger partial charge in [-0.05, 0) is 31.0 Å². The Kier molecular flexibility index (Phi) is 4.02. The third-order valence-electron chi connectivity index (χ3n) is 4.50. The lowest BCUT2D eigenvalue weighted by atomic mass is 9.94. The molecule has 0 N–H and O–H groups in total. The molecule has 4 rings (SSSR count). The predicted octanol–water partition coefficient (Wildman–Crippen LogP) is 2.27. The van der Waals surface area contributed by atoms with Crippen molar-refractivity contribution in [3.8, 4) is 11.5 Å². The van der Waals surface area contributed by atoms with Crippen LogP contribution in [0.5, 0.6) is 11.5 Å². The summed E-state index contributed by atoms with van der Waals surface area (Å²) in [5, 5.41) is 0. The number of ether oxygens (including phenoxy) is 2. The van der Waals surface area contributed by atoms with E-state index in [1.807, 2.05) is 17.0 Å². The Balaban J connectivity index is 1.51. The van der Waals surface area contributed by atoms with Gasteiger partial charge in [0.25, 0.3) is 5.91 Å². The Labute approximate surface area is 140 Å². The van der Waals surface area contributed by atoms with Crippen molar-refractivity contribution in [2.24, 2.45) is 0 Å². The molecule has 0 unspecified atom stereocenters. The number of fused-ring (bicyclic) bond motifs is 1. The number of nitrogens with zero attached hydrogens (tertiary/aromatic N) is 3. The molecule has 1 aromatic carbocycles. The second-order valence-corrected chi connectivity index (χ2v) is 6.08. The van der Waals surface area contributed by atoms with Crippen molar-refractivity contribution in [2.45, 2.75) is 18.8 Å². The lowest BCUT2D eigenvalue weighted by Gasteiger charge is -2.32. The lowest BCUT2D eigenvalue weighted by Crippen LogP contribution is -2.39. The third kappa shape index (κ3) is 2.91. The van der Waals surface area contributed by atoms with Gasteiger partial charge in [0.2, 0.25) is 0 Å². The van der Waals surface area contributed by atoms with Crippen LogP contribution in [0.2, 0.25) is 0 Å². The van der Waals surface area contributed by atoms with Gasteiger partial charge in [-0.3, -0.25) is 14.8 Å². The van der Waals surface area contributed by atoms with Crippen LogP contribution in [0.25, 0.3) is 0 Å². The predicted molar refractivity (Wildman–Crippen MR) is 87.3 cm³/mol. The highest BCUT2D eigenvalue weighted by molar-refractivity contribution is 5.95. The largest absolute Gasteiger partial charge is 0.486 e. The highest BCUT2D eigenvalue weighted by Gasteiger charge is 2.27. The summed E-state index contributed by atoms with van der Waals surface area (Å²) in [5.41, 5.74) is 1.59. The highest BCUT2D eigenvalue weighted by Crippen LogP contribution is 2.32. The number of likely N-dealkylation sites (tertiary alicyclic amines) is 1. The van der Waals surface area contributed by atoms with Crippen LogP contribution in [0.4, 0.5) is 0 Å². The van der Waals surface area contributed by atoms with Crippen molar-refractivity contribution in [3.05, 3.63) is 48.0 Å². The molecule has 2 aliphatic rings. The molecule has 124 valence electrons. The molecular formula is C18H19N3O3. The first-order chi connectivity index (χ1) is 11.8. The van der Waals surface area contributed by atoms with Gasteiger partial charge < -0.3 is 14.4 Å². The fraction of sp³-hybridized carbons (Fsp3) is 0.389. The van der Waals surface area contributed by atoms with Crippen LogP contribution in [-0.4, -0.2) is 47.1 Å². The number of carbonyl (C=O) groups excluding carboxylic acids is 1. The number of hydrogen-bond donors (Lipinski definition) is 0. The maximum atomic E-state index is 12.9. The average molecular weight is 325 g/mol. The Hall–Kier alpha value is -2.63. The number of benzene rings is 1. The standard InChI is InChI=1S/C18H19N3O3/c22-18(13-3-4-16-17(10-13)24-9-8-23-16)21-7-1-2-14(12-21)15-11-19-5-6-20-15/h3-6,10-11,14H,1-2,7-9,12H2/t14-/m1/s1. The zero-order chi connectivity index (χ0) is 16.4. The molecule has 1 aromatic heterocycles. The Bertz CT molecular complexity index is 736. The van der Waals surface area contributed by atoms with Gasteiger partial charge in [-0.2, -0.15) is 0 Å². The van der Waals surface area contributed by atoms with Crippen molar-refractivity contribution in [2.75, 3.05) is 26.3 Å². The van der Waals surface area contributed by atoms with Gasteiger partial charge in [0, 0.05) is 43.2 Å². The second-order valence-electron chi connectivity index (χ2n) is 6.08. The minimum absolute atomic E-state index is 0.0283. The molecule has 1 amide bonds. The first kappa shape index (κ1) is 14.9. The monoisotopic (exact) mass is 325 g/mol. The lowest BCUT2D eigenvalue weighted by molar-refractivity contribution is 0.0704. The van der Waals surface area contributed by atoms with Gasteiger partial charge in [-0.25, -0.2) is 0 Å². The Morgan fingerprint density at radius 2 is 2.04 bits per heavy atom. The molecule has 2 aliphatic heterocycles. The molecule has 1 atom stereocenters. The van der Waals surface area contributed by atoms with E-state index in [0.29, 0.717) is 36.8 Å². The summed E-state index contributed by atoms with van der Waals surface area (Å²) in [6, 6.07) is 5.40. The zero-order valence-electron chi connectivity index (χ0n) is 13.4. The summed E-state index contributed by atoms with van der Waals surface area (Å²) < 4.78 is 11.1. The topological polar surface area (TPSA) is 64.6 Å². The van der Waals surface area contributed by atoms with Crippen molar-refractivity contribution >= 4 is 5.91 Å². The molecule has 24 heavy (non-hydrogen) atoms. The summed E-state index contributed by atoms with van der Waals surface area (Å²) >= 11 is 0. The van der Waals surface area contributed by atoms with Crippen LogP contribution < -0.4 is 9.47 Å². The molecule has 6 heteroatoms. The number of hydrogen-bond acceptors (Lipinski definition) is 5. The minimum Gasteiger partial charge on any atom is -0.486 e. The van der Waals surface area contributed by atoms with Crippen LogP contribution in [0.1, 0.15) is 34.8 Å². The van der Waals surface area contributed by atoms with Gasteiger partial charge in [-0.15, -0.1) is 0 Å². The van der Waals surface area contributed by atoms with Gasteiger partial charge >= 0.3 is 0 Å².